The Bertz CT molecular complexity index is 574. The molecular formula is C11H8ClN3O2. The van der Waals surface area contributed by atoms with Gasteiger partial charge < -0.3 is 15.0 Å². The van der Waals surface area contributed by atoms with Gasteiger partial charge in [0.1, 0.15) is 12.7 Å². The molecule has 1 aromatic heterocycles. The Morgan fingerprint density at radius 3 is 3.06 bits per heavy atom. The number of ether oxygens (including phenoxy) is 1. The molecule has 0 radical (unpaired) electrons. The van der Waals surface area contributed by atoms with Gasteiger partial charge in [-0.2, -0.15) is 5.26 Å². The van der Waals surface area contributed by atoms with Gasteiger partial charge in [0.25, 0.3) is 5.88 Å². The number of aromatic nitrogens is 1. The van der Waals surface area contributed by atoms with Gasteiger partial charge in [-0.1, -0.05) is 23.7 Å². The van der Waals surface area contributed by atoms with Gasteiger partial charge in [-0.15, -0.1) is 0 Å². The first-order chi connectivity index (χ1) is 8.20. The summed E-state index contributed by atoms with van der Waals surface area (Å²) in [5, 5.41) is 13.0. The van der Waals surface area contributed by atoms with Crippen LogP contribution >= 0.6 is 11.6 Å². The van der Waals surface area contributed by atoms with Crippen molar-refractivity contribution in [3.63, 3.8) is 0 Å². The zero-order chi connectivity index (χ0) is 12.3. The minimum Gasteiger partial charge on any atom is -0.470 e. The number of nitrogens with zero attached hydrogens (tertiary/aromatic N) is 2. The molecule has 17 heavy (non-hydrogen) atoms. The lowest BCUT2D eigenvalue weighted by Gasteiger charge is -2.02. The fourth-order valence-corrected chi connectivity index (χ4v) is 1.48. The van der Waals surface area contributed by atoms with Crippen LogP contribution in [0.3, 0.4) is 0 Å². The highest BCUT2D eigenvalue weighted by molar-refractivity contribution is 6.30. The number of benzene rings is 1. The van der Waals surface area contributed by atoms with Crippen LogP contribution in [0.25, 0.3) is 0 Å². The van der Waals surface area contributed by atoms with Crippen LogP contribution in [-0.2, 0) is 6.61 Å². The third kappa shape index (κ3) is 2.49. The van der Waals surface area contributed by atoms with Crippen molar-refractivity contribution < 1.29 is 9.26 Å². The van der Waals surface area contributed by atoms with Gasteiger partial charge >= 0.3 is 0 Å². The number of rotatable bonds is 3. The summed E-state index contributed by atoms with van der Waals surface area (Å²) in [6, 6.07) is 9.04. The van der Waals surface area contributed by atoms with E-state index in [1.807, 2.05) is 18.2 Å². The molecule has 86 valence electrons. The minimum atomic E-state index is -0.0476. The van der Waals surface area contributed by atoms with Crippen molar-refractivity contribution in [2.45, 2.75) is 6.61 Å². The molecule has 0 aliphatic rings. The second kappa shape index (κ2) is 4.76. The number of nitrogens with two attached hydrogens (primary N) is 1. The average molecular weight is 250 g/mol. The van der Waals surface area contributed by atoms with Crippen molar-refractivity contribution in [3.8, 4) is 11.9 Å². The Morgan fingerprint density at radius 1 is 1.53 bits per heavy atom. The second-order valence-electron chi connectivity index (χ2n) is 3.26. The summed E-state index contributed by atoms with van der Waals surface area (Å²) < 4.78 is 9.98. The molecule has 0 amide bonds. The highest BCUT2D eigenvalue weighted by atomic mass is 35.5. The molecule has 2 aromatic rings. The van der Waals surface area contributed by atoms with E-state index in [2.05, 4.69) is 9.68 Å². The number of halogens is 1. The number of nitriles is 1. The van der Waals surface area contributed by atoms with E-state index in [0.717, 1.165) is 5.56 Å². The molecule has 1 aromatic carbocycles. The van der Waals surface area contributed by atoms with Gasteiger partial charge in [-0.25, -0.2) is 0 Å². The number of nitrogen functional groups attached to an aromatic ring is 1. The summed E-state index contributed by atoms with van der Waals surface area (Å²) in [6.45, 7) is 0.237. The zero-order valence-corrected chi connectivity index (χ0v) is 9.44. The number of hydrogen-bond acceptors (Lipinski definition) is 5. The Labute approximate surface area is 102 Å². The summed E-state index contributed by atoms with van der Waals surface area (Å²) in [6.07, 6.45) is 0. The molecule has 1 heterocycles. The molecule has 0 saturated carbocycles. The molecule has 0 spiro atoms. The van der Waals surface area contributed by atoms with E-state index < -0.39 is 0 Å². The summed E-state index contributed by atoms with van der Waals surface area (Å²) >= 11 is 5.83. The molecule has 0 atom stereocenters. The van der Waals surface area contributed by atoms with Gasteiger partial charge in [0.2, 0.25) is 5.88 Å². The van der Waals surface area contributed by atoms with E-state index in [9.17, 15) is 0 Å². The lowest BCUT2D eigenvalue weighted by atomic mass is 10.2. The van der Waals surface area contributed by atoms with Crippen LogP contribution in [0.15, 0.2) is 28.8 Å². The van der Waals surface area contributed by atoms with Gasteiger partial charge in [0.15, 0.2) is 5.56 Å². The van der Waals surface area contributed by atoms with Crippen molar-refractivity contribution in [2.24, 2.45) is 0 Å². The summed E-state index contributed by atoms with van der Waals surface area (Å²) in [7, 11) is 0. The molecule has 5 nitrogen and oxygen atoms in total. The van der Waals surface area contributed by atoms with Crippen molar-refractivity contribution in [1.82, 2.24) is 5.16 Å². The lowest BCUT2D eigenvalue weighted by molar-refractivity contribution is 0.270. The predicted molar refractivity (Wildman–Crippen MR) is 61.4 cm³/mol. The SMILES string of the molecule is N#Cc1c(OCc2cccc(Cl)c2)noc1N. The van der Waals surface area contributed by atoms with E-state index in [-0.39, 0.29) is 23.9 Å². The van der Waals surface area contributed by atoms with E-state index in [4.69, 9.17) is 27.3 Å². The van der Waals surface area contributed by atoms with Crippen molar-refractivity contribution in [2.75, 3.05) is 5.73 Å². The average Bonchev–Trinajstić information content (AvgIpc) is 2.67. The largest absolute Gasteiger partial charge is 0.470 e. The van der Waals surface area contributed by atoms with E-state index in [0.29, 0.717) is 5.02 Å². The number of hydrogen-bond donors (Lipinski definition) is 1. The van der Waals surface area contributed by atoms with Crippen LogP contribution in [0.4, 0.5) is 5.88 Å². The summed E-state index contributed by atoms with van der Waals surface area (Å²) in [5.41, 5.74) is 6.36. The van der Waals surface area contributed by atoms with Crippen LogP contribution < -0.4 is 10.5 Å². The van der Waals surface area contributed by atoms with Crippen molar-refractivity contribution in [1.29, 1.82) is 5.26 Å². The topological polar surface area (TPSA) is 85.1 Å². The first-order valence-corrected chi connectivity index (χ1v) is 5.11. The van der Waals surface area contributed by atoms with Crippen LogP contribution in [0.2, 0.25) is 5.02 Å². The van der Waals surface area contributed by atoms with E-state index in [1.54, 1.807) is 12.1 Å². The smallest absolute Gasteiger partial charge is 0.275 e. The van der Waals surface area contributed by atoms with Gasteiger partial charge in [0, 0.05) is 5.02 Å². The molecule has 2 N–H and O–H groups in total. The Kier molecular flexibility index (Phi) is 3.17. The fraction of sp³-hybridized carbons (Fsp3) is 0.0909. The molecule has 6 heteroatoms. The predicted octanol–water partition coefficient (Wildman–Crippen LogP) is 2.36. The van der Waals surface area contributed by atoms with E-state index >= 15 is 0 Å². The molecule has 0 bridgehead atoms. The lowest BCUT2D eigenvalue weighted by Crippen LogP contribution is -1.97. The maximum Gasteiger partial charge on any atom is 0.275 e. The maximum absolute atomic E-state index is 8.80. The van der Waals surface area contributed by atoms with Gasteiger partial charge in [-0.3, -0.25) is 0 Å². The minimum absolute atomic E-state index is 0.0476. The first-order valence-electron chi connectivity index (χ1n) is 4.73. The van der Waals surface area contributed by atoms with E-state index in [1.165, 1.54) is 0 Å². The Morgan fingerprint density at radius 2 is 2.35 bits per heavy atom. The highest BCUT2D eigenvalue weighted by Crippen LogP contribution is 2.23. The third-order valence-corrected chi connectivity index (χ3v) is 2.30. The van der Waals surface area contributed by atoms with Crippen LogP contribution in [0.5, 0.6) is 5.88 Å². The molecule has 0 aliphatic heterocycles. The summed E-state index contributed by atoms with van der Waals surface area (Å²) in [5.74, 6) is 0.0403. The second-order valence-corrected chi connectivity index (χ2v) is 3.69. The third-order valence-electron chi connectivity index (χ3n) is 2.06. The molecule has 2 rings (SSSR count). The molecular weight excluding hydrogens is 242 g/mol. The van der Waals surface area contributed by atoms with Crippen LogP contribution in [0.1, 0.15) is 11.1 Å². The zero-order valence-electron chi connectivity index (χ0n) is 8.68. The molecule has 0 unspecified atom stereocenters. The summed E-state index contributed by atoms with van der Waals surface area (Å²) in [4.78, 5) is 0. The monoisotopic (exact) mass is 249 g/mol. The first kappa shape index (κ1) is 11.3. The highest BCUT2D eigenvalue weighted by Gasteiger charge is 2.14. The Balaban J connectivity index is 2.10. The maximum atomic E-state index is 8.80. The number of anilines is 1. The van der Waals surface area contributed by atoms with Crippen molar-refractivity contribution in [3.05, 3.63) is 40.4 Å². The quantitative estimate of drug-likeness (QED) is 0.903. The molecule has 0 aliphatic carbocycles. The van der Waals surface area contributed by atoms with Crippen LogP contribution in [-0.4, -0.2) is 5.16 Å². The van der Waals surface area contributed by atoms with Gasteiger partial charge in [0.05, 0.1) is 0 Å². The molecule has 0 fully saturated rings. The van der Waals surface area contributed by atoms with Crippen LogP contribution in [0, 0.1) is 11.3 Å². The molecule has 0 saturated heterocycles. The van der Waals surface area contributed by atoms with Crippen molar-refractivity contribution >= 4 is 17.5 Å². The van der Waals surface area contributed by atoms with Gasteiger partial charge in [-0.05, 0) is 22.9 Å². The normalized spacial score (nSPS) is 9.88. The Hall–Kier alpha value is -2.19. The fourth-order valence-electron chi connectivity index (χ4n) is 1.27. The standard InChI is InChI=1S/C11H8ClN3O2/c12-8-3-1-2-7(4-8)6-16-11-9(5-13)10(14)17-15-11/h1-4H,6,14H2.